The van der Waals surface area contributed by atoms with E-state index >= 15 is 0 Å². The number of aryl methyl sites for hydroxylation is 1. The molecule has 26 heavy (non-hydrogen) atoms. The van der Waals surface area contributed by atoms with Crippen LogP contribution in [0, 0.1) is 18.3 Å². The van der Waals surface area contributed by atoms with Crippen molar-refractivity contribution in [1.29, 1.82) is 5.26 Å². The molecule has 0 unspecified atom stereocenters. The summed E-state index contributed by atoms with van der Waals surface area (Å²) in [5.74, 6) is -0.261. The van der Waals surface area contributed by atoms with Crippen molar-refractivity contribution >= 4 is 27.7 Å². The van der Waals surface area contributed by atoms with E-state index in [2.05, 4.69) is 22.4 Å². The molecule has 0 saturated carbocycles. The van der Waals surface area contributed by atoms with Crippen molar-refractivity contribution in [3.8, 4) is 17.3 Å². The molecule has 4 rings (SSSR count). The van der Waals surface area contributed by atoms with Crippen LogP contribution in [0.25, 0.3) is 33.1 Å². The fourth-order valence-corrected chi connectivity index (χ4v) is 3.11. The molecule has 0 bridgehead atoms. The summed E-state index contributed by atoms with van der Waals surface area (Å²) in [6, 6.07) is 15.1. The molecule has 0 spiro atoms. The number of carbonyl (C=O) groups excluding carboxylic acids is 1. The van der Waals surface area contributed by atoms with Crippen LogP contribution in [0.4, 0.5) is 0 Å². The lowest BCUT2D eigenvalue weighted by atomic mass is 10.0. The molecule has 2 heterocycles. The van der Waals surface area contributed by atoms with Gasteiger partial charge in [-0.25, -0.2) is 4.98 Å². The number of aromatic amines is 1. The van der Waals surface area contributed by atoms with Crippen LogP contribution < -0.4 is 5.32 Å². The molecule has 0 aliphatic heterocycles. The highest BCUT2D eigenvalue weighted by atomic mass is 16.1. The zero-order chi connectivity index (χ0) is 18.1. The molecular formula is C20H15N5O. The van der Waals surface area contributed by atoms with Gasteiger partial charge in [-0.2, -0.15) is 10.4 Å². The highest BCUT2D eigenvalue weighted by Gasteiger charge is 2.10. The summed E-state index contributed by atoms with van der Waals surface area (Å²) < 4.78 is 0. The SMILES string of the molecule is Cc1cc(-c2ccc(C(=O)NCC#N)cc2)nc2ccc3[nH]ncc3c12. The second-order valence-electron chi connectivity index (χ2n) is 6.03. The van der Waals surface area contributed by atoms with Crippen molar-refractivity contribution in [2.45, 2.75) is 6.92 Å². The molecule has 2 aromatic heterocycles. The summed E-state index contributed by atoms with van der Waals surface area (Å²) in [5, 5.41) is 20.3. The van der Waals surface area contributed by atoms with Gasteiger partial charge in [0.05, 0.1) is 29.0 Å². The highest BCUT2D eigenvalue weighted by molar-refractivity contribution is 6.06. The van der Waals surface area contributed by atoms with Crippen LogP contribution in [0.2, 0.25) is 0 Å². The maximum absolute atomic E-state index is 11.9. The minimum absolute atomic E-state index is 0.00546. The number of amides is 1. The molecule has 0 aliphatic rings. The van der Waals surface area contributed by atoms with Gasteiger partial charge in [-0.1, -0.05) is 12.1 Å². The lowest BCUT2D eigenvalue weighted by Crippen LogP contribution is -2.23. The van der Waals surface area contributed by atoms with Gasteiger partial charge in [0.15, 0.2) is 0 Å². The summed E-state index contributed by atoms with van der Waals surface area (Å²) in [4.78, 5) is 16.7. The van der Waals surface area contributed by atoms with E-state index in [0.29, 0.717) is 5.56 Å². The number of pyridine rings is 1. The molecule has 6 nitrogen and oxygen atoms in total. The van der Waals surface area contributed by atoms with E-state index in [0.717, 1.165) is 38.6 Å². The number of H-pyrrole nitrogens is 1. The van der Waals surface area contributed by atoms with E-state index in [1.807, 2.05) is 42.6 Å². The Morgan fingerprint density at radius 2 is 2.04 bits per heavy atom. The zero-order valence-electron chi connectivity index (χ0n) is 14.1. The Kier molecular flexibility index (Phi) is 3.82. The Hall–Kier alpha value is -3.72. The standard InChI is InChI=1S/C20H15N5O/c1-12-10-18(13-2-4-14(5-3-13)20(26)22-9-8-21)24-17-7-6-16-15(19(12)17)11-23-25-16/h2-7,10-11H,9H2,1H3,(H,22,26)(H,23,25). The third kappa shape index (κ3) is 2.66. The molecule has 2 N–H and O–H groups in total. The molecular weight excluding hydrogens is 326 g/mol. The molecule has 0 fully saturated rings. The number of carbonyl (C=O) groups is 1. The number of nitrogens with one attached hydrogen (secondary N) is 2. The highest BCUT2D eigenvalue weighted by Crippen LogP contribution is 2.29. The summed E-state index contributed by atoms with van der Waals surface area (Å²) in [6.45, 7) is 2.05. The number of nitrogens with zero attached hydrogens (tertiary/aromatic N) is 3. The first kappa shape index (κ1) is 15.8. The molecule has 0 atom stereocenters. The summed E-state index contributed by atoms with van der Waals surface area (Å²) in [6.07, 6.45) is 1.82. The number of hydrogen-bond donors (Lipinski definition) is 2. The lowest BCUT2D eigenvalue weighted by Gasteiger charge is -2.08. The van der Waals surface area contributed by atoms with E-state index < -0.39 is 0 Å². The molecule has 0 aliphatic carbocycles. The van der Waals surface area contributed by atoms with E-state index in [-0.39, 0.29) is 12.5 Å². The number of rotatable bonds is 3. The van der Waals surface area contributed by atoms with Gasteiger partial charge in [-0.3, -0.25) is 9.89 Å². The third-order valence-electron chi connectivity index (χ3n) is 4.36. The largest absolute Gasteiger partial charge is 0.339 e. The number of nitriles is 1. The van der Waals surface area contributed by atoms with Crippen LogP contribution >= 0.6 is 0 Å². The van der Waals surface area contributed by atoms with Gasteiger partial charge < -0.3 is 5.32 Å². The van der Waals surface area contributed by atoms with Crippen molar-refractivity contribution in [3.05, 3.63) is 59.8 Å². The van der Waals surface area contributed by atoms with E-state index in [9.17, 15) is 4.79 Å². The molecule has 4 aromatic rings. The summed E-state index contributed by atoms with van der Waals surface area (Å²) >= 11 is 0. The van der Waals surface area contributed by atoms with E-state index in [1.54, 1.807) is 12.1 Å². The van der Waals surface area contributed by atoms with Crippen molar-refractivity contribution in [3.63, 3.8) is 0 Å². The van der Waals surface area contributed by atoms with Crippen LogP contribution in [-0.2, 0) is 0 Å². The quantitative estimate of drug-likeness (QED) is 0.559. The second-order valence-corrected chi connectivity index (χ2v) is 6.03. The number of aromatic nitrogens is 3. The number of hydrogen-bond acceptors (Lipinski definition) is 4. The van der Waals surface area contributed by atoms with E-state index in [4.69, 9.17) is 10.2 Å². The zero-order valence-corrected chi connectivity index (χ0v) is 14.1. The fraction of sp³-hybridized carbons (Fsp3) is 0.100. The van der Waals surface area contributed by atoms with Gasteiger partial charge in [-0.15, -0.1) is 0 Å². The first-order chi connectivity index (χ1) is 12.7. The Balaban J connectivity index is 1.74. The number of benzene rings is 2. The van der Waals surface area contributed by atoms with Gasteiger partial charge in [0.2, 0.25) is 0 Å². The third-order valence-corrected chi connectivity index (χ3v) is 4.36. The van der Waals surface area contributed by atoms with Gasteiger partial charge in [0.25, 0.3) is 5.91 Å². The summed E-state index contributed by atoms with van der Waals surface area (Å²) in [5.41, 5.74) is 5.31. The minimum atomic E-state index is -0.261. The smallest absolute Gasteiger partial charge is 0.252 e. The first-order valence-electron chi connectivity index (χ1n) is 8.16. The fourth-order valence-electron chi connectivity index (χ4n) is 3.11. The Labute approximate surface area is 149 Å². The molecule has 0 saturated heterocycles. The van der Waals surface area contributed by atoms with Crippen molar-refractivity contribution in [2.24, 2.45) is 0 Å². The van der Waals surface area contributed by atoms with Gasteiger partial charge >= 0.3 is 0 Å². The minimum Gasteiger partial charge on any atom is -0.339 e. The molecule has 6 heteroatoms. The Morgan fingerprint density at radius 3 is 2.81 bits per heavy atom. The van der Waals surface area contributed by atoms with E-state index in [1.165, 1.54) is 0 Å². The molecule has 126 valence electrons. The predicted molar refractivity (Wildman–Crippen MR) is 99.5 cm³/mol. The molecule has 1 amide bonds. The maximum Gasteiger partial charge on any atom is 0.252 e. The van der Waals surface area contributed by atoms with Crippen LogP contribution in [-0.4, -0.2) is 27.6 Å². The van der Waals surface area contributed by atoms with Gasteiger partial charge in [0, 0.05) is 21.9 Å². The second kappa shape index (κ2) is 6.30. The maximum atomic E-state index is 11.9. The van der Waals surface area contributed by atoms with Gasteiger partial charge in [0.1, 0.15) is 6.54 Å². The monoisotopic (exact) mass is 341 g/mol. The van der Waals surface area contributed by atoms with Gasteiger partial charge in [-0.05, 0) is 42.8 Å². The van der Waals surface area contributed by atoms with Crippen molar-refractivity contribution < 1.29 is 4.79 Å². The molecule has 2 aromatic carbocycles. The van der Waals surface area contributed by atoms with Crippen LogP contribution in [0.3, 0.4) is 0 Å². The topological polar surface area (TPSA) is 94.5 Å². The summed E-state index contributed by atoms with van der Waals surface area (Å²) in [7, 11) is 0. The Bertz CT molecular complexity index is 1170. The van der Waals surface area contributed by atoms with Crippen LogP contribution in [0.5, 0.6) is 0 Å². The Morgan fingerprint density at radius 1 is 1.23 bits per heavy atom. The van der Waals surface area contributed by atoms with Crippen LogP contribution in [0.1, 0.15) is 15.9 Å². The lowest BCUT2D eigenvalue weighted by molar-refractivity contribution is 0.0958. The van der Waals surface area contributed by atoms with Crippen molar-refractivity contribution in [2.75, 3.05) is 6.54 Å². The predicted octanol–water partition coefficient (Wildman–Crippen LogP) is 3.34. The van der Waals surface area contributed by atoms with Crippen molar-refractivity contribution in [1.82, 2.24) is 20.5 Å². The van der Waals surface area contributed by atoms with Crippen LogP contribution in [0.15, 0.2) is 48.7 Å². The normalized spacial score (nSPS) is 10.8. The average Bonchev–Trinajstić information content (AvgIpc) is 3.14. The average molecular weight is 341 g/mol. The first-order valence-corrected chi connectivity index (χ1v) is 8.16. The number of fused-ring (bicyclic) bond motifs is 3. The molecule has 0 radical (unpaired) electrons.